The van der Waals surface area contributed by atoms with Crippen molar-refractivity contribution in [3.63, 3.8) is 0 Å². The van der Waals surface area contributed by atoms with Crippen LogP contribution < -0.4 is 16.1 Å². The van der Waals surface area contributed by atoms with E-state index < -0.39 is 0 Å². The normalized spacial score (nSPS) is 12.0. The average molecular weight is 240 g/mol. The highest BCUT2D eigenvalue weighted by Crippen LogP contribution is 2.23. The SMILES string of the molecule is N#CC(C#N)=NNc1ccc2c(c1)NC(=O)NC2. The molecule has 7 heteroatoms. The predicted molar refractivity (Wildman–Crippen MR) is 64.6 cm³/mol. The van der Waals surface area contributed by atoms with E-state index in [1.165, 1.54) is 0 Å². The fourth-order valence-corrected chi connectivity index (χ4v) is 1.45. The smallest absolute Gasteiger partial charge is 0.319 e. The second-order valence-electron chi connectivity index (χ2n) is 3.48. The van der Waals surface area contributed by atoms with Gasteiger partial charge < -0.3 is 10.6 Å². The fraction of sp³-hybridized carbons (Fsp3) is 0.0909. The first-order valence-electron chi connectivity index (χ1n) is 5.04. The lowest BCUT2D eigenvalue weighted by atomic mass is 10.1. The number of nitrogens with zero attached hydrogens (tertiary/aromatic N) is 3. The van der Waals surface area contributed by atoms with Gasteiger partial charge >= 0.3 is 6.03 Å². The van der Waals surface area contributed by atoms with Crippen LogP contribution in [0.2, 0.25) is 0 Å². The first-order valence-corrected chi connectivity index (χ1v) is 5.04. The molecule has 1 aliphatic rings. The number of fused-ring (bicyclic) bond motifs is 1. The highest BCUT2D eigenvalue weighted by molar-refractivity contribution is 6.10. The summed E-state index contributed by atoms with van der Waals surface area (Å²) in [6, 6.07) is 8.26. The molecule has 0 spiro atoms. The number of urea groups is 1. The summed E-state index contributed by atoms with van der Waals surface area (Å²) < 4.78 is 0. The Morgan fingerprint density at radius 2 is 2.17 bits per heavy atom. The minimum absolute atomic E-state index is 0.265. The molecule has 88 valence electrons. The lowest BCUT2D eigenvalue weighted by Crippen LogP contribution is -2.33. The monoisotopic (exact) mass is 240 g/mol. The quantitative estimate of drug-likeness (QED) is 0.531. The van der Waals surface area contributed by atoms with Crippen LogP contribution in [-0.2, 0) is 6.54 Å². The van der Waals surface area contributed by atoms with Crippen LogP contribution >= 0.6 is 0 Å². The number of carbonyl (C=O) groups is 1. The largest absolute Gasteiger partial charge is 0.334 e. The number of nitrogens with one attached hydrogen (secondary N) is 3. The average Bonchev–Trinajstić information content (AvgIpc) is 2.39. The maximum atomic E-state index is 11.1. The summed E-state index contributed by atoms with van der Waals surface area (Å²) in [7, 11) is 0. The molecule has 2 amide bonds. The zero-order valence-electron chi connectivity index (χ0n) is 9.19. The van der Waals surface area contributed by atoms with Gasteiger partial charge in [0, 0.05) is 12.2 Å². The number of nitriles is 2. The number of hydrazone groups is 1. The van der Waals surface area contributed by atoms with Crippen LogP contribution in [0.5, 0.6) is 0 Å². The van der Waals surface area contributed by atoms with Gasteiger partial charge in [-0.2, -0.15) is 15.6 Å². The zero-order valence-corrected chi connectivity index (χ0v) is 9.19. The molecule has 7 nitrogen and oxygen atoms in total. The molecule has 0 atom stereocenters. The van der Waals surface area contributed by atoms with Crippen molar-refractivity contribution in [1.29, 1.82) is 10.5 Å². The molecule has 1 aliphatic heterocycles. The van der Waals surface area contributed by atoms with E-state index >= 15 is 0 Å². The maximum absolute atomic E-state index is 11.1. The summed E-state index contributed by atoms with van der Waals surface area (Å²) >= 11 is 0. The fourth-order valence-electron chi connectivity index (χ4n) is 1.45. The second-order valence-corrected chi connectivity index (χ2v) is 3.48. The topological polar surface area (TPSA) is 113 Å². The van der Waals surface area contributed by atoms with Gasteiger partial charge in [-0.1, -0.05) is 6.07 Å². The number of rotatable bonds is 2. The number of hydrogen-bond donors (Lipinski definition) is 3. The Hall–Kier alpha value is -3.06. The van der Waals surface area contributed by atoms with E-state index in [0.717, 1.165) is 5.56 Å². The van der Waals surface area contributed by atoms with E-state index in [9.17, 15) is 4.79 Å². The third-order valence-corrected chi connectivity index (χ3v) is 2.31. The first-order chi connectivity index (χ1) is 8.72. The van der Waals surface area contributed by atoms with Gasteiger partial charge in [-0.15, -0.1) is 0 Å². The van der Waals surface area contributed by atoms with E-state index in [2.05, 4.69) is 21.2 Å². The van der Waals surface area contributed by atoms with E-state index in [-0.39, 0.29) is 11.7 Å². The van der Waals surface area contributed by atoms with E-state index in [1.54, 1.807) is 24.3 Å². The lowest BCUT2D eigenvalue weighted by molar-refractivity contribution is 0.251. The lowest BCUT2D eigenvalue weighted by Gasteiger charge is -2.18. The number of carbonyl (C=O) groups excluding carboxylic acids is 1. The number of benzene rings is 1. The van der Waals surface area contributed by atoms with E-state index in [0.29, 0.717) is 17.9 Å². The second kappa shape index (κ2) is 4.85. The molecule has 0 fully saturated rings. The highest BCUT2D eigenvalue weighted by atomic mass is 16.2. The predicted octanol–water partition coefficient (Wildman–Crippen LogP) is 1.14. The summed E-state index contributed by atoms with van der Waals surface area (Å²) in [6.07, 6.45) is 0. The Morgan fingerprint density at radius 3 is 2.89 bits per heavy atom. The first kappa shape index (κ1) is 11.4. The Bertz CT molecular complexity index is 591. The molecule has 0 saturated heterocycles. The van der Waals surface area contributed by atoms with E-state index in [4.69, 9.17) is 10.5 Å². The van der Waals surface area contributed by atoms with Crippen molar-refractivity contribution in [3.8, 4) is 12.1 Å². The molecule has 3 N–H and O–H groups in total. The van der Waals surface area contributed by atoms with Crippen molar-refractivity contribution in [3.05, 3.63) is 23.8 Å². The Balaban J connectivity index is 2.20. The van der Waals surface area contributed by atoms with Crippen molar-refractivity contribution in [1.82, 2.24) is 5.32 Å². The molecule has 1 heterocycles. The minimum atomic E-state index is -0.266. The van der Waals surface area contributed by atoms with Gasteiger partial charge in [-0.05, 0) is 17.7 Å². The van der Waals surface area contributed by atoms with Crippen molar-refractivity contribution < 1.29 is 4.79 Å². The summed E-state index contributed by atoms with van der Waals surface area (Å²) in [5, 5.41) is 25.9. The number of hydrogen-bond acceptors (Lipinski definition) is 5. The zero-order chi connectivity index (χ0) is 13.0. The highest BCUT2D eigenvalue weighted by Gasteiger charge is 2.13. The third kappa shape index (κ3) is 2.36. The summed E-state index contributed by atoms with van der Waals surface area (Å²) in [5.41, 5.74) is 4.52. The molecule has 0 aliphatic carbocycles. The van der Waals surface area contributed by atoms with Crippen LogP contribution in [-0.4, -0.2) is 11.7 Å². The number of amides is 2. The van der Waals surface area contributed by atoms with Crippen molar-refractivity contribution in [2.24, 2.45) is 5.10 Å². The maximum Gasteiger partial charge on any atom is 0.319 e. The van der Waals surface area contributed by atoms with Crippen LogP contribution in [0.4, 0.5) is 16.2 Å². The molecule has 0 saturated carbocycles. The third-order valence-electron chi connectivity index (χ3n) is 2.31. The Kier molecular flexibility index (Phi) is 3.08. The molecule has 0 aromatic heterocycles. The van der Waals surface area contributed by atoms with Crippen molar-refractivity contribution in [2.45, 2.75) is 6.54 Å². The summed E-state index contributed by atoms with van der Waals surface area (Å²) in [5.74, 6) is 0. The standard InChI is InChI=1S/C11H8N6O/c12-4-9(5-13)17-16-8-2-1-7-6-14-11(18)15-10(7)3-8/h1-3,16H,6H2,(H2,14,15,18). The molecule has 2 rings (SSSR count). The van der Waals surface area contributed by atoms with Crippen molar-refractivity contribution >= 4 is 23.1 Å². The van der Waals surface area contributed by atoms with Crippen LogP contribution in [0.15, 0.2) is 23.3 Å². The van der Waals surface area contributed by atoms with Gasteiger partial charge in [0.15, 0.2) is 0 Å². The molecular formula is C11H8N6O. The van der Waals surface area contributed by atoms with Crippen LogP contribution in [0.25, 0.3) is 0 Å². The van der Waals surface area contributed by atoms with Gasteiger partial charge in [-0.3, -0.25) is 5.43 Å². The van der Waals surface area contributed by atoms with Crippen LogP contribution in [0.1, 0.15) is 5.56 Å². The molecule has 1 aromatic carbocycles. The van der Waals surface area contributed by atoms with Gasteiger partial charge in [-0.25, -0.2) is 4.79 Å². The summed E-state index contributed by atoms with van der Waals surface area (Å²) in [6.45, 7) is 0.465. The van der Waals surface area contributed by atoms with Gasteiger partial charge in [0.25, 0.3) is 0 Å². The molecule has 18 heavy (non-hydrogen) atoms. The van der Waals surface area contributed by atoms with Gasteiger partial charge in [0.2, 0.25) is 5.71 Å². The van der Waals surface area contributed by atoms with Crippen LogP contribution in [0.3, 0.4) is 0 Å². The summed E-state index contributed by atoms with van der Waals surface area (Å²) in [4.78, 5) is 11.1. The molecule has 0 bridgehead atoms. The van der Waals surface area contributed by atoms with Crippen molar-refractivity contribution in [2.75, 3.05) is 10.7 Å². The molecule has 0 unspecified atom stereocenters. The Morgan fingerprint density at radius 1 is 1.39 bits per heavy atom. The Labute approximate surface area is 103 Å². The number of anilines is 2. The van der Waals surface area contributed by atoms with Gasteiger partial charge in [0.05, 0.1) is 5.69 Å². The minimum Gasteiger partial charge on any atom is -0.334 e. The van der Waals surface area contributed by atoms with Crippen LogP contribution in [0, 0.1) is 22.7 Å². The molecular weight excluding hydrogens is 232 g/mol. The van der Waals surface area contributed by atoms with E-state index in [1.807, 2.05) is 6.07 Å². The van der Waals surface area contributed by atoms with Gasteiger partial charge in [0.1, 0.15) is 12.1 Å². The molecule has 1 aromatic rings. The molecule has 0 radical (unpaired) electrons.